The number of benzene rings is 3. The van der Waals surface area contributed by atoms with Crippen LogP contribution in [0.25, 0.3) is 74.7 Å². The maximum absolute atomic E-state index is 9.78. The number of hydrogen-bond acceptors (Lipinski definition) is 5. The Kier molecular flexibility index (Phi) is 8.55. The molecule has 7 nitrogen and oxygen atoms in total. The van der Waals surface area contributed by atoms with Gasteiger partial charge < -0.3 is 14.9 Å². The highest BCUT2D eigenvalue weighted by atomic mass is 15.1. The van der Waals surface area contributed by atoms with Gasteiger partial charge in [-0.1, -0.05) is 72.5 Å². The minimum absolute atomic E-state index is 0.0104. The first-order valence-corrected chi connectivity index (χ1v) is 17.1. The van der Waals surface area contributed by atoms with Gasteiger partial charge >= 0.3 is 0 Å². The highest BCUT2D eigenvalue weighted by Crippen LogP contribution is 2.34. The molecule has 0 amide bonds. The lowest BCUT2D eigenvalue weighted by atomic mass is 10.0. The van der Waals surface area contributed by atoms with Crippen molar-refractivity contribution >= 4 is 58.1 Å². The molecule has 0 saturated heterocycles. The normalized spacial score (nSPS) is 11.2. The molecule has 2 aliphatic rings. The second kappa shape index (κ2) is 13.9. The van der Waals surface area contributed by atoms with Crippen molar-refractivity contribution in [2.45, 2.75) is 0 Å². The molecule has 3 aromatic carbocycles. The highest BCUT2D eigenvalue weighted by molar-refractivity contribution is 5.96. The van der Waals surface area contributed by atoms with E-state index in [-0.39, 0.29) is 5.57 Å². The smallest absolute Gasteiger partial charge is 0.130 e. The number of allylic oxidation sites excluding steroid dienone is 1. The highest BCUT2D eigenvalue weighted by Gasteiger charge is 2.17. The van der Waals surface area contributed by atoms with Gasteiger partial charge in [0.2, 0.25) is 0 Å². The first kappa shape index (κ1) is 32.5. The Morgan fingerprint density at radius 1 is 0.566 bits per heavy atom. The molecule has 2 aliphatic heterocycles. The van der Waals surface area contributed by atoms with Gasteiger partial charge in [-0.05, 0) is 90.0 Å². The molecule has 0 spiro atoms. The molecule has 5 heterocycles. The van der Waals surface area contributed by atoms with Crippen molar-refractivity contribution in [2.24, 2.45) is 0 Å². The van der Waals surface area contributed by atoms with Crippen LogP contribution < -0.4 is 4.90 Å². The predicted molar refractivity (Wildman–Crippen MR) is 216 cm³/mol. The molecule has 7 heteroatoms. The molecular weight excluding hydrogens is 651 g/mol. The van der Waals surface area contributed by atoms with Crippen LogP contribution in [0.1, 0.15) is 39.5 Å². The Labute approximate surface area is 307 Å². The molecule has 0 aliphatic carbocycles. The van der Waals surface area contributed by atoms with Gasteiger partial charge in [-0.15, -0.1) is 0 Å². The van der Waals surface area contributed by atoms with Crippen LogP contribution in [0.5, 0.6) is 0 Å². The average Bonchev–Trinajstić information content (AvgIpc) is 4.03. The summed E-state index contributed by atoms with van der Waals surface area (Å²) < 4.78 is 0. The first-order valence-electron chi connectivity index (χ1n) is 17.1. The van der Waals surface area contributed by atoms with Crippen LogP contribution in [0.4, 0.5) is 5.69 Å². The molecule has 0 saturated carbocycles. The number of fused-ring (bicyclic) bond motifs is 8. The number of anilines is 1. The monoisotopic (exact) mass is 681 g/mol. The lowest BCUT2D eigenvalue weighted by Crippen LogP contribution is -2.07. The Hall–Kier alpha value is -7.66. The number of nitrogens with one attached hydrogen (secondary N) is 2. The summed E-state index contributed by atoms with van der Waals surface area (Å²) in [4.78, 5) is 19.7. The van der Waals surface area contributed by atoms with Gasteiger partial charge in [0.25, 0.3) is 0 Å². The second-order valence-corrected chi connectivity index (χ2v) is 12.7. The predicted octanol–water partition coefficient (Wildman–Crippen LogP) is 9.89. The maximum Gasteiger partial charge on any atom is 0.130 e. The van der Waals surface area contributed by atoms with Crippen molar-refractivity contribution < 1.29 is 0 Å². The van der Waals surface area contributed by atoms with Crippen LogP contribution in [0.3, 0.4) is 0 Å². The molecule has 0 radical (unpaired) electrons. The van der Waals surface area contributed by atoms with E-state index >= 15 is 0 Å². The molecule has 53 heavy (non-hydrogen) atoms. The summed E-state index contributed by atoms with van der Waals surface area (Å²) in [6.07, 6.45) is 9.64. The van der Waals surface area contributed by atoms with Crippen LogP contribution in [-0.2, 0) is 0 Å². The molecule has 0 atom stereocenters. The Morgan fingerprint density at radius 2 is 1.04 bits per heavy atom. The third kappa shape index (κ3) is 6.41. The van der Waals surface area contributed by atoms with Crippen LogP contribution in [0, 0.1) is 34.5 Å². The summed E-state index contributed by atoms with van der Waals surface area (Å²) in [5.74, 6) is 6.84. The van der Waals surface area contributed by atoms with E-state index in [1.54, 1.807) is 6.08 Å². The van der Waals surface area contributed by atoms with Gasteiger partial charge in [0.15, 0.2) is 0 Å². The molecule has 3 aromatic heterocycles. The number of hydrogen-bond donors (Lipinski definition) is 2. The van der Waals surface area contributed by atoms with E-state index in [0.717, 1.165) is 67.0 Å². The molecule has 6 aromatic rings. The lowest BCUT2D eigenvalue weighted by molar-refractivity contribution is 1.13. The van der Waals surface area contributed by atoms with E-state index in [9.17, 15) is 10.5 Å². The minimum atomic E-state index is -0.0104. The molecule has 8 bridgehead atoms. The third-order valence-corrected chi connectivity index (χ3v) is 9.17. The molecule has 250 valence electrons. The van der Waals surface area contributed by atoms with Crippen LogP contribution in [0.2, 0.25) is 0 Å². The standard InChI is InChI=1S/C46H31N7/c1-53(2)34-16-13-30(14-17-34)15-18-35-37-19-23-41(49-37)45(32-9-5-3-6-10-32)43-25-21-39(51-43)36(27-31(28-47)29-48)40-22-26-44(52-40)46(33-11-7-4-8-12-33)42-24-20-38(35)50-42/h3-14,16-17,19-27,51-52H,1-2H3. The fraction of sp³-hybridized carbons (Fsp3) is 0.0435. The second-order valence-electron chi connectivity index (χ2n) is 12.7. The Balaban J connectivity index is 1.51. The molecule has 2 N–H and O–H groups in total. The van der Waals surface area contributed by atoms with E-state index in [1.807, 2.05) is 123 Å². The lowest BCUT2D eigenvalue weighted by Gasteiger charge is -2.11. The maximum atomic E-state index is 9.78. The minimum Gasteiger partial charge on any atom is -0.378 e. The summed E-state index contributed by atoms with van der Waals surface area (Å²) in [6, 6.07) is 40.4. The summed E-state index contributed by atoms with van der Waals surface area (Å²) in [5, 5.41) is 19.6. The van der Waals surface area contributed by atoms with Crippen LogP contribution in [-0.4, -0.2) is 34.0 Å². The number of nitriles is 2. The van der Waals surface area contributed by atoms with E-state index in [2.05, 4.69) is 63.1 Å². The molecule has 8 rings (SSSR count). The summed E-state index contributed by atoms with van der Waals surface area (Å²) >= 11 is 0. The number of aromatic nitrogens is 4. The Morgan fingerprint density at radius 3 is 1.51 bits per heavy atom. The largest absolute Gasteiger partial charge is 0.378 e. The van der Waals surface area contributed by atoms with Crippen molar-refractivity contribution in [3.8, 4) is 46.2 Å². The quantitative estimate of drug-likeness (QED) is 0.142. The number of nitrogens with zero attached hydrogens (tertiary/aromatic N) is 5. The van der Waals surface area contributed by atoms with E-state index in [4.69, 9.17) is 9.97 Å². The van der Waals surface area contributed by atoms with Crippen molar-refractivity contribution in [1.29, 1.82) is 10.5 Å². The van der Waals surface area contributed by atoms with Gasteiger partial charge in [-0.3, -0.25) is 0 Å². The number of aromatic amines is 2. The zero-order valence-electron chi connectivity index (χ0n) is 29.0. The van der Waals surface area contributed by atoms with Crippen molar-refractivity contribution in [1.82, 2.24) is 19.9 Å². The first-order chi connectivity index (χ1) is 26.0. The zero-order chi connectivity index (χ0) is 36.3. The molecule has 0 unspecified atom stereocenters. The van der Waals surface area contributed by atoms with E-state index < -0.39 is 0 Å². The fourth-order valence-corrected chi connectivity index (χ4v) is 6.54. The topological polar surface area (TPSA) is 108 Å². The van der Waals surface area contributed by atoms with Crippen molar-refractivity contribution in [2.75, 3.05) is 19.0 Å². The summed E-state index contributed by atoms with van der Waals surface area (Å²) in [7, 11) is 4.04. The number of H-pyrrole nitrogens is 2. The third-order valence-electron chi connectivity index (χ3n) is 9.17. The van der Waals surface area contributed by atoms with Crippen LogP contribution >= 0.6 is 0 Å². The van der Waals surface area contributed by atoms with Crippen molar-refractivity contribution in [3.63, 3.8) is 0 Å². The van der Waals surface area contributed by atoms with Crippen molar-refractivity contribution in [3.05, 3.63) is 154 Å². The SMILES string of the molecule is CN(C)c1ccc(C#Cc2c3nc(c(-c4ccccc4)c4ccc([nH]4)c(C=C(C#N)C#N)c4ccc([nH]4)c(-c4ccccc4)c4nc2C=C4)C=C3)cc1. The van der Waals surface area contributed by atoms with E-state index in [1.165, 1.54) is 0 Å². The van der Waals surface area contributed by atoms with Gasteiger partial charge in [-0.2, -0.15) is 10.5 Å². The van der Waals surface area contributed by atoms with Gasteiger partial charge in [0.1, 0.15) is 17.7 Å². The number of rotatable bonds is 4. The summed E-state index contributed by atoms with van der Waals surface area (Å²) in [5.41, 5.74) is 13.2. The fourth-order valence-electron chi connectivity index (χ4n) is 6.54. The van der Waals surface area contributed by atoms with Crippen LogP contribution in [0.15, 0.2) is 115 Å². The Bertz CT molecular complexity index is 2650. The average molecular weight is 682 g/mol. The molecule has 0 fully saturated rings. The van der Waals surface area contributed by atoms with E-state index in [0.29, 0.717) is 22.5 Å². The van der Waals surface area contributed by atoms with Gasteiger partial charge in [0, 0.05) is 64.1 Å². The summed E-state index contributed by atoms with van der Waals surface area (Å²) in [6.45, 7) is 0. The van der Waals surface area contributed by atoms with Gasteiger partial charge in [0.05, 0.1) is 28.3 Å². The van der Waals surface area contributed by atoms with Gasteiger partial charge in [-0.25, -0.2) is 9.97 Å². The zero-order valence-corrected chi connectivity index (χ0v) is 29.0. The molecular formula is C46H31N7.